The predicted molar refractivity (Wildman–Crippen MR) is 84.1 cm³/mol. The normalized spacial score (nSPS) is 12.8. The average molecular weight is 348 g/mol. The van der Waals surface area contributed by atoms with Gasteiger partial charge in [-0.15, -0.1) is 0 Å². The third kappa shape index (κ3) is 5.61. The van der Waals surface area contributed by atoms with Crippen molar-refractivity contribution in [2.75, 3.05) is 6.54 Å². The summed E-state index contributed by atoms with van der Waals surface area (Å²) < 4.78 is 29.6. The second-order valence-corrected chi connectivity index (χ2v) is 6.05. The van der Waals surface area contributed by atoms with Crippen molar-refractivity contribution >= 4 is 23.4 Å². The molecule has 1 atom stereocenters. The Morgan fingerprint density at radius 3 is 2.50 bits per heavy atom. The van der Waals surface area contributed by atoms with Gasteiger partial charge in [0.15, 0.2) is 0 Å². The van der Waals surface area contributed by atoms with Crippen molar-refractivity contribution in [2.24, 2.45) is 0 Å². The molecule has 3 nitrogen and oxygen atoms in total. The highest BCUT2D eigenvalue weighted by Gasteiger charge is 2.09. The van der Waals surface area contributed by atoms with Crippen molar-refractivity contribution in [3.05, 3.63) is 58.5 Å². The smallest absolute Gasteiger partial charge is 0.284 e. The maximum absolute atomic E-state index is 12.1. The average Bonchev–Trinajstić information content (AvgIpc) is 2.93. The molecule has 1 unspecified atom stereocenters. The van der Waals surface area contributed by atoms with Gasteiger partial charge >= 0.3 is 0 Å². The lowest BCUT2D eigenvalue weighted by Crippen LogP contribution is -2.20. The van der Waals surface area contributed by atoms with Gasteiger partial charge in [-0.1, -0.05) is 35.5 Å². The van der Waals surface area contributed by atoms with E-state index >= 15 is 0 Å². The first-order chi connectivity index (χ1) is 10.5. The molecule has 0 spiro atoms. The number of benzene rings is 1. The van der Waals surface area contributed by atoms with Gasteiger partial charge in [-0.2, -0.15) is 8.78 Å². The molecule has 0 amide bonds. The Bertz CT molecular complexity index is 577. The molecule has 0 radical (unpaired) electrons. The first kappa shape index (κ1) is 17.3. The standard InChI is InChI=1S/C15H16ClF2NO2S/c16-11-3-1-10(2-4-11)14(20)8-19-7-12-5-6-13(21-12)9-22-15(17)18/h1-6,14-15,19-20H,7-9H2. The Kier molecular flexibility index (Phi) is 6.70. The summed E-state index contributed by atoms with van der Waals surface area (Å²) >= 11 is 6.32. The van der Waals surface area contributed by atoms with Crippen molar-refractivity contribution in [2.45, 2.75) is 24.2 Å². The number of rotatable bonds is 8. The summed E-state index contributed by atoms with van der Waals surface area (Å²) in [6, 6.07) is 10.4. The summed E-state index contributed by atoms with van der Waals surface area (Å²) in [5.41, 5.74) is 0.769. The Labute approximate surface area is 136 Å². The summed E-state index contributed by atoms with van der Waals surface area (Å²) in [7, 11) is 0. The van der Waals surface area contributed by atoms with Crippen LogP contribution in [0.1, 0.15) is 23.2 Å². The number of thioether (sulfide) groups is 1. The Hall–Kier alpha value is -1.08. The maximum Gasteiger partial charge on any atom is 0.284 e. The number of nitrogens with one attached hydrogen (secondary N) is 1. The lowest BCUT2D eigenvalue weighted by Gasteiger charge is -2.11. The Balaban J connectivity index is 1.75. The highest BCUT2D eigenvalue weighted by Crippen LogP contribution is 2.21. The molecule has 1 heterocycles. The minimum atomic E-state index is -2.40. The monoisotopic (exact) mass is 347 g/mol. The van der Waals surface area contributed by atoms with Crippen LogP contribution in [0.3, 0.4) is 0 Å². The number of alkyl halides is 2. The molecule has 2 rings (SSSR count). The van der Waals surface area contributed by atoms with Gasteiger partial charge in [-0.3, -0.25) is 0 Å². The van der Waals surface area contributed by atoms with Crippen molar-refractivity contribution in [1.29, 1.82) is 0 Å². The fraction of sp³-hybridized carbons (Fsp3) is 0.333. The number of aliphatic hydroxyl groups is 1. The van der Waals surface area contributed by atoms with Crippen LogP contribution < -0.4 is 5.32 Å². The van der Waals surface area contributed by atoms with Crippen molar-refractivity contribution < 1.29 is 18.3 Å². The molecule has 1 aromatic heterocycles. The first-order valence-electron chi connectivity index (χ1n) is 6.66. The highest BCUT2D eigenvalue weighted by atomic mass is 35.5. The van der Waals surface area contributed by atoms with Gasteiger partial charge in [0.25, 0.3) is 5.76 Å². The molecule has 1 aromatic carbocycles. The summed E-state index contributed by atoms with van der Waals surface area (Å²) in [4.78, 5) is 0. The van der Waals surface area contributed by atoms with Crippen LogP contribution in [0, 0.1) is 0 Å². The molecule has 0 bridgehead atoms. The number of halogens is 3. The van der Waals surface area contributed by atoms with Gasteiger partial charge < -0.3 is 14.8 Å². The van der Waals surface area contributed by atoms with Crippen LogP contribution >= 0.6 is 23.4 Å². The topological polar surface area (TPSA) is 45.4 Å². The predicted octanol–water partition coefficient (Wildman–Crippen LogP) is 4.21. The molecular formula is C15H16ClF2NO2S. The van der Waals surface area contributed by atoms with Crippen LogP contribution in [0.4, 0.5) is 8.78 Å². The molecule has 2 N–H and O–H groups in total. The molecule has 0 saturated carbocycles. The SMILES string of the molecule is OC(CNCc1ccc(CSC(F)F)o1)c1ccc(Cl)cc1. The van der Waals surface area contributed by atoms with Crippen LogP contribution in [-0.4, -0.2) is 17.4 Å². The van der Waals surface area contributed by atoms with Crippen molar-refractivity contribution in [1.82, 2.24) is 5.32 Å². The minimum Gasteiger partial charge on any atom is -0.464 e. The van der Waals surface area contributed by atoms with Gasteiger partial charge in [-0.05, 0) is 29.8 Å². The molecular weight excluding hydrogens is 332 g/mol. The van der Waals surface area contributed by atoms with E-state index in [-0.39, 0.29) is 5.75 Å². The molecule has 2 aromatic rings. The van der Waals surface area contributed by atoms with Crippen molar-refractivity contribution in [3.63, 3.8) is 0 Å². The molecule has 120 valence electrons. The van der Waals surface area contributed by atoms with E-state index < -0.39 is 11.9 Å². The summed E-state index contributed by atoms with van der Waals surface area (Å²) in [5.74, 6) is -1.10. The van der Waals surface area contributed by atoms with E-state index in [9.17, 15) is 13.9 Å². The molecule has 0 aliphatic carbocycles. The fourth-order valence-corrected chi connectivity index (χ4v) is 2.45. The van der Waals surface area contributed by atoms with E-state index in [1.165, 1.54) is 0 Å². The van der Waals surface area contributed by atoms with E-state index in [0.717, 1.165) is 5.56 Å². The van der Waals surface area contributed by atoms with Gasteiger partial charge in [-0.25, -0.2) is 0 Å². The number of furan rings is 1. The van der Waals surface area contributed by atoms with Crippen molar-refractivity contribution in [3.8, 4) is 0 Å². The van der Waals surface area contributed by atoms with Crippen LogP contribution in [0.25, 0.3) is 0 Å². The van der Waals surface area contributed by atoms with Gasteiger partial charge in [0.05, 0.1) is 18.4 Å². The fourth-order valence-electron chi connectivity index (χ4n) is 1.87. The van der Waals surface area contributed by atoms with Crippen LogP contribution in [0.5, 0.6) is 0 Å². The lowest BCUT2D eigenvalue weighted by molar-refractivity contribution is 0.173. The van der Waals surface area contributed by atoms with Crippen LogP contribution in [0.2, 0.25) is 5.02 Å². The van der Waals surface area contributed by atoms with E-state index in [1.807, 2.05) is 0 Å². The third-order valence-electron chi connectivity index (χ3n) is 2.96. The zero-order valence-corrected chi connectivity index (χ0v) is 13.2. The van der Waals surface area contributed by atoms with Gasteiger partial charge in [0, 0.05) is 11.6 Å². The zero-order chi connectivity index (χ0) is 15.9. The number of hydrogen-bond donors (Lipinski definition) is 2. The molecule has 22 heavy (non-hydrogen) atoms. The van der Waals surface area contributed by atoms with Gasteiger partial charge in [0.2, 0.25) is 0 Å². The van der Waals surface area contributed by atoms with E-state index in [4.69, 9.17) is 16.0 Å². The second kappa shape index (κ2) is 8.53. The van der Waals surface area contributed by atoms with E-state index in [0.29, 0.717) is 41.4 Å². The zero-order valence-electron chi connectivity index (χ0n) is 11.6. The number of hydrogen-bond acceptors (Lipinski definition) is 4. The third-order valence-corrected chi connectivity index (χ3v) is 3.92. The van der Waals surface area contributed by atoms with Gasteiger partial charge in [0.1, 0.15) is 11.5 Å². The molecule has 0 saturated heterocycles. The summed E-state index contributed by atoms with van der Waals surface area (Å²) in [6.45, 7) is 0.771. The Morgan fingerprint density at radius 1 is 1.14 bits per heavy atom. The Morgan fingerprint density at radius 2 is 1.82 bits per heavy atom. The first-order valence-corrected chi connectivity index (χ1v) is 8.09. The summed E-state index contributed by atoms with van der Waals surface area (Å²) in [6.07, 6.45) is -0.652. The minimum absolute atomic E-state index is 0.144. The lowest BCUT2D eigenvalue weighted by atomic mass is 10.1. The van der Waals surface area contributed by atoms with Crippen LogP contribution in [0.15, 0.2) is 40.8 Å². The van der Waals surface area contributed by atoms with E-state index in [1.54, 1.807) is 36.4 Å². The number of aliphatic hydroxyl groups excluding tert-OH is 1. The largest absolute Gasteiger partial charge is 0.464 e. The maximum atomic E-state index is 12.1. The molecule has 7 heteroatoms. The second-order valence-electron chi connectivity index (χ2n) is 4.64. The van der Waals surface area contributed by atoms with E-state index in [2.05, 4.69) is 5.32 Å². The summed E-state index contributed by atoms with van der Waals surface area (Å²) in [5, 5.41) is 13.7. The molecule has 0 fully saturated rings. The van der Waals surface area contributed by atoms with Crippen LogP contribution in [-0.2, 0) is 12.3 Å². The molecule has 0 aliphatic rings. The molecule has 0 aliphatic heterocycles. The quantitative estimate of drug-likeness (QED) is 0.750. The highest BCUT2D eigenvalue weighted by molar-refractivity contribution is 7.98.